The van der Waals surface area contributed by atoms with E-state index in [1.165, 1.54) is 11.6 Å². The Morgan fingerprint density at radius 1 is 0.957 bits per heavy atom. The molecule has 0 saturated carbocycles. The number of rotatable bonds is 5. The molecule has 0 saturated heterocycles. The van der Waals surface area contributed by atoms with Crippen molar-refractivity contribution in [2.45, 2.75) is 11.1 Å². The number of aromatic nitrogens is 2. The van der Waals surface area contributed by atoms with Crippen LogP contribution in [-0.4, -0.2) is 18.6 Å². The lowest BCUT2D eigenvalue weighted by molar-refractivity contribution is 0.603. The molecule has 8 heteroatoms. The molecule has 0 bridgehead atoms. The number of hydrogen-bond acceptors (Lipinski definition) is 6. The van der Waals surface area contributed by atoms with Crippen molar-refractivity contribution in [1.29, 1.82) is 0 Å². The molecule has 0 aliphatic rings. The summed E-state index contributed by atoms with van der Waals surface area (Å²) < 4.78 is 26.8. The van der Waals surface area contributed by atoms with Gasteiger partial charge in [0, 0.05) is 5.69 Å². The Kier molecular flexibility index (Phi) is 4.26. The largest absolute Gasteiger partial charge is 0.339 e. The minimum Gasteiger partial charge on any atom is -0.339 e. The van der Waals surface area contributed by atoms with Gasteiger partial charge in [0.25, 0.3) is 10.0 Å². The number of benzene rings is 1. The van der Waals surface area contributed by atoms with Gasteiger partial charge >= 0.3 is 0 Å². The second-order valence-electron chi connectivity index (χ2n) is 4.83. The van der Waals surface area contributed by atoms with Crippen molar-refractivity contribution in [3.63, 3.8) is 0 Å². The minimum absolute atomic E-state index is 0.174. The van der Waals surface area contributed by atoms with Crippen LogP contribution in [0.25, 0.3) is 0 Å². The molecule has 0 aliphatic carbocycles. The fourth-order valence-electron chi connectivity index (χ4n) is 1.84. The summed E-state index contributed by atoms with van der Waals surface area (Å²) in [5.74, 6) is 0.709. The van der Waals surface area contributed by atoms with E-state index in [9.17, 15) is 8.42 Å². The zero-order valence-corrected chi connectivity index (χ0v) is 13.9. The summed E-state index contributed by atoms with van der Waals surface area (Å²) in [6.45, 7) is 2.01. The molecule has 0 atom stereocenters. The van der Waals surface area contributed by atoms with Gasteiger partial charge < -0.3 is 5.32 Å². The number of hydrogen-bond donors (Lipinski definition) is 2. The number of anilines is 3. The third-order valence-corrected chi connectivity index (χ3v) is 5.74. The lowest BCUT2D eigenvalue weighted by Crippen LogP contribution is -2.13. The fourth-order valence-corrected chi connectivity index (χ4v) is 3.83. The van der Waals surface area contributed by atoms with E-state index < -0.39 is 10.0 Å². The highest BCUT2D eigenvalue weighted by molar-refractivity contribution is 7.94. The maximum absolute atomic E-state index is 12.1. The number of nitrogens with zero attached hydrogens (tertiary/aromatic N) is 2. The first-order chi connectivity index (χ1) is 11.0. The van der Waals surface area contributed by atoms with E-state index in [0.717, 1.165) is 17.0 Å². The normalized spacial score (nSPS) is 11.2. The van der Waals surface area contributed by atoms with Crippen LogP contribution in [0, 0.1) is 6.92 Å². The Balaban J connectivity index is 1.71. The smallest absolute Gasteiger partial charge is 0.272 e. The van der Waals surface area contributed by atoms with Gasteiger partial charge in [-0.05, 0) is 42.6 Å². The van der Waals surface area contributed by atoms with Crippen LogP contribution in [0.2, 0.25) is 0 Å². The zero-order valence-electron chi connectivity index (χ0n) is 12.2. The van der Waals surface area contributed by atoms with Gasteiger partial charge in [-0.2, -0.15) is 0 Å². The maximum atomic E-state index is 12.1. The van der Waals surface area contributed by atoms with E-state index in [1.54, 1.807) is 23.6 Å². The average Bonchev–Trinajstić information content (AvgIpc) is 3.07. The van der Waals surface area contributed by atoms with Crippen LogP contribution in [0.5, 0.6) is 0 Å². The van der Waals surface area contributed by atoms with Gasteiger partial charge in [-0.1, -0.05) is 23.8 Å². The van der Waals surface area contributed by atoms with E-state index in [-0.39, 0.29) is 10.0 Å². The molecule has 3 aromatic rings. The quantitative estimate of drug-likeness (QED) is 0.740. The van der Waals surface area contributed by atoms with Crippen molar-refractivity contribution in [3.05, 3.63) is 59.5 Å². The van der Waals surface area contributed by atoms with Crippen molar-refractivity contribution >= 4 is 38.7 Å². The standard InChI is InChI=1S/C15H14N4O2S2/c1-11-4-6-12(7-5-11)16-13-8-9-14(18-17-13)19-23(20,21)15-3-2-10-22-15/h2-10H,1H3,(H,16,17)(H,18,19). The van der Waals surface area contributed by atoms with Gasteiger partial charge in [0.15, 0.2) is 11.6 Å². The van der Waals surface area contributed by atoms with Gasteiger partial charge in [0.2, 0.25) is 0 Å². The highest BCUT2D eigenvalue weighted by Gasteiger charge is 2.15. The third-order valence-electron chi connectivity index (χ3n) is 2.99. The van der Waals surface area contributed by atoms with Gasteiger partial charge in [-0.15, -0.1) is 21.5 Å². The van der Waals surface area contributed by atoms with E-state index in [1.807, 2.05) is 31.2 Å². The van der Waals surface area contributed by atoms with E-state index in [4.69, 9.17) is 0 Å². The van der Waals surface area contributed by atoms with Crippen LogP contribution in [0.15, 0.2) is 58.1 Å². The molecule has 0 aliphatic heterocycles. The van der Waals surface area contributed by atoms with Crippen LogP contribution in [0.4, 0.5) is 17.3 Å². The van der Waals surface area contributed by atoms with E-state index in [0.29, 0.717) is 5.82 Å². The summed E-state index contributed by atoms with van der Waals surface area (Å²) in [5.41, 5.74) is 2.05. The Morgan fingerprint density at radius 3 is 2.26 bits per heavy atom. The Morgan fingerprint density at radius 2 is 1.65 bits per heavy atom. The van der Waals surface area contributed by atoms with Crippen molar-refractivity contribution in [2.24, 2.45) is 0 Å². The summed E-state index contributed by atoms with van der Waals surface area (Å²) in [6.07, 6.45) is 0. The highest BCUT2D eigenvalue weighted by Crippen LogP contribution is 2.20. The van der Waals surface area contributed by atoms with Crippen LogP contribution in [-0.2, 0) is 10.0 Å². The van der Waals surface area contributed by atoms with Crippen molar-refractivity contribution in [3.8, 4) is 0 Å². The lowest BCUT2D eigenvalue weighted by atomic mass is 10.2. The SMILES string of the molecule is Cc1ccc(Nc2ccc(NS(=O)(=O)c3cccs3)nn2)cc1. The molecule has 6 nitrogen and oxygen atoms in total. The van der Waals surface area contributed by atoms with E-state index in [2.05, 4.69) is 20.2 Å². The van der Waals surface area contributed by atoms with Crippen LogP contribution < -0.4 is 10.0 Å². The van der Waals surface area contributed by atoms with Gasteiger partial charge in [-0.25, -0.2) is 8.42 Å². The summed E-state index contributed by atoms with van der Waals surface area (Å²) in [6, 6.07) is 14.3. The molecule has 0 unspecified atom stereocenters. The Labute approximate surface area is 138 Å². The van der Waals surface area contributed by atoms with Crippen molar-refractivity contribution in [2.75, 3.05) is 10.0 Å². The van der Waals surface area contributed by atoms with Gasteiger partial charge in [0.1, 0.15) is 4.21 Å². The number of sulfonamides is 1. The molecular weight excluding hydrogens is 332 g/mol. The van der Waals surface area contributed by atoms with Crippen molar-refractivity contribution < 1.29 is 8.42 Å². The number of nitrogens with one attached hydrogen (secondary N) is 2. The summed E-state index contributed by atoms with van der Waals surface area (Å²) >= 11 is 1.14. The first kappa shape index (κ1) is 15.4. The molecule has 0 spiro atoms. The second-order valence-corrected chi connectivity index (χ2v) is 7.69. The lowest BCUT2D eigenvalue weighted by Gasteiger charge is -2.07. The summed E-state index contributed by atoms with van der Waals surface area (Å²) in [7, 11) is -3.60. The Hall–Kier alpha value is -2.45. The molecule has 2 aromatic heterocycles. The topological polar surface area (TPSA) is 84.0 Å². The summed E-state index contributed by atoms with van der Waals surface area (Å²) in [4.78, 5) is 0. The Bertz CT molecular complexity index is 874. The maximum Gasteiger partial charge on any atom is 0.272 e. The van der Waals surface area contributed by atoms with Crippen LogP contribution in [0.1, 0.15) is 5.56 Å². The molecule has 0 radical (unpaired) electrons. The fraction of sp³-hybridized carbons (Fsp3) is 0.0667. The molecule has 1 aromatic carbocycles. The van der Waals surface area contributed by atoms with Crippen LogP contribution >= 0.6 is 11.3 Å². The number of thiophene rings is 1. The first-order valence-corrected chi connectivity index (χ1v) is 9.13. The molecule has 0 fully saturated rings. The molecular formula is C15H14N4O2S2. The number of aryl methyl sites for hydroxylation is 1. The predicted molar refractivity (Wildman–Crippen MR) is 91.6 cm³/mol. The summed E-state index contributed by atoms with van der Waals surface area (Å²) in [5, 5.41) is 12.7. The third kappa shape index (κ3) is 3.85. The molecule has 23 heavy (non-hydrogen) atoms. The monoisotopic (exact) mass is 346 g/mol. The highest BCUT2D eigenvalue weighted by atomic mass is 32.2. The molecule has 3 rings (SSSR count). The first-order valence-electron chi connectivity index (χ1n) is 6.77. The van der Waals surface area contributed by atoms with Crippen LogP contribution in [0.3, 0.4) is 0 Å². The van der Waals surface area contributed by atoms with Gasteiger partial charge in [-0.3, -0.25) is 4.72 Å². The second kappa shape index (κ2) is 6.35. The molecule has 2 heterocycles. The molecule has 0 amide bonds. The van der Waals surface area contributed by atoms with Crippen molar-refractivity contribution in [1.82, 2.24) is 10.2 Å². The molecule has 2 N–H and O–H groups in total. The minimum atomic E-state index is -3.60. The average molecular weight is 346 g/mol. The van der Waals surface area contributed by atoms with Gasteiger partial charge in [0.05, 0.1) is 0 Å². The predicted octanol–water partition coefficient (Wildman–Crippen LogP) is 3.39. The van der Waals surface area contributed by atoms with E-state index >= 15 is 0 Å². The molecule has 118 valence electrons. The zero-order chi connectivity index (χ0) is 16.3.